The highest BCUT2D eigenvalue weighted by Gasteiger charge is 2.03. The van der Waals surface area contributed by atoms with Crippen LogP contribution in [0.2, 0.25) is 0 Å². The van der Waals surface area contributed by atoms with Crippen LogP contribution in [0.25, 0.3) is 0 Å². The van der Waals surface area contributed by atoms with Crippen molar-refractivity contribution in [3.63, 3.8) is 0 Å². The van der Waals surface area contributed by atoms with Crippen LogP contribution in [0.15, 0.2) is 21.9 Å². The van der Waals surface area contributed by atoms with Crippen molar-refractivity contribution in [2.24, 2.45) is 0 Å². The van der Waals surface area contributed by atoms with Gasteiger partial charge < -0.3 is 4.57 Å². The van der Waals surface area contributed by atoms with E-state index in [1.807, 2.05) is 13.0 Å². The first-order valence-electron chi connectivity index (χ1n) is 5.38. The van der Waals surface area contributed by atoms with Crippen LogP contribution in [0, 0.1) is 11.3 Å². The smallest absolute Gasteiger partial charge is 0.300 e. The third-order valence-corrected chi connectivity index (χ3v) is 2.27. The molecule has 5 nitrogen and oxygen atoms in total. The van der Waals surface area contributed by atoms with Gasteiger partial charge in [0.1, 0.15) is 0 Å². The second kappa shape index (κ2) is 5.91. The molecule has 0 saturated heterocycles. The Hall–Kier alpha value is -1.83. The molecule has 0 radical (unpaired) electrons. The third kappa shape index (κ3) is 2.83. The van der Waals surface area contributed by atoms with E-state index < -0.39 is 0 Å². The summed E-state index contributed by atoms with van der Waals surface area (Å²) in [7, 11) is 0. The minimum Gasteiger partial charge on any atom is -0.300 e. The van der Waals surface area contributed by atoms with Gasteiger partial charge in [-0.1, -0.05) is 6.92 Å². The lowest BCUT2D eigenvalue weighted by molar-refractivity contribution is 0.533. The number of hydrogen-bond acceptors (Lipinski definition) is 3. The minimum absolute atomic E-state index is 0.285. The van der Waals surface area contributed by atoms with E-state index in [9.17, 15) is 9.59 Å². The van der Waals surface area contributed by atoms with Crippen molar-refractivity contribution in [2.75, 3.05) is 0 Å². The molecule has 1 rings (SSSR count). The molecule has 0 amide bonds. The second-order valence-electron chi connectivity index (χ2n) is 3.54. The lowest BCUT2D eigenvalue weighted by Gasteiger charge is -2.07. The maximum atomic E-state index is 11.8. The second-order valence-corrected chi connectivity index (χ2v) is 3.54. The summed E-state index contributed by atoms with van der Waals surface area (Å²) in [6, 6.07) is 3.38. The Labute approximate surface area is 93.6 Å². The third-order valence-electron chi connectivity index (χ3n) is 2.27. The highest BCUT2D eigenvalue weighted by molar-refractivity contribution is 4.86. The molecule has 0 N–H and O–H groups in total. The van der Waals surface area contributed by atoms with Gasteiger partial charge in [-0.25, -0.2) is 4.79 Å². The predicted octanol–water partition coefficient (Wildman–Crippen LogP) is 0.724. The molecule has 0 saturated carbocycles. The fourth-order valence-corrected chi connectivity index (χ4v) is 1.49. The first-order valence-corrected chi connectivity index (χ1v) is 5.38. The van der Waals surface area contributed by atoms with Crippen molar-refractivity contribution in [2.45, 2.75) is 39.3 Å². The summed E-state index contributed by atoms with van der Waals surface area (Å²) in [5.41, 5.74) is -0.581. The normalized spacial score (nSPS) is 10.0. The van der Waals surface area contributed by atoms with Crippen LogP contribution in [-0.4, -0.2) is 9.13 Å². The minimum atomic E-state index is -0.296. The molecule has 0 fully saturated rings. The van der Waals surface area contributed by atoms with Gasteiger partial charge in [0.15, 0.2) is 0 Å². The van der Waals surface area contributed by atoms with Gasteiger partial charge in [-0.05, 0) is 12.8 Å². The molecule has 5 heteroatoms. The Morgan fingerprint density at radius 2 is 2.12 bits per heavy atom. The van der Waals surface area contributed by atoms with Crippen LogP contribution >= 0.6 is 0 Å². The highest BCUT2D eigenvalue weighted by Crippen LogP contribution is 1.89. The van der Waals surface area contributed by atoms with Gasteiger partial charge in [0.2, 0.25) is 0 Å². The predicted molar refractivity (Wildman–Crippen MR) is 60.1 cm³/mol. The van der Waals surface area contributed by atoms with E-state index in [0.717, 1.165) is 6.42 Å². The zero-order valence-electron chi connectivity index (χ0n) is 9.35. The number of nitrogens with zero attached hydrogens (tertiary/aromatic N) is 3. The van der Waals surface area contributed by atoms with Crippen LogP contribution in [0.5, 0.6) is 0 Å². The lowest BCUT2D eigenvalue weighted by atomic mass is 10.3. The Bertz CT molecular complexity index is 493. The molecule has 1 aromatic heterocycles. The van der Waals surface area contributed by atoms with Gasteiger partial charge in [-0.3, -0.25) is 9.36 Å². The first kappa shape index (κ1) is 12.2. The van der Waals surface area contributed by atoms with Crippen LogP contribution < -0.4 is 11.2 Å². The van der Waals surface area contributed by atoms with Crippen molar-refractivity contribution in [1.29, 1.82) is 5.26 Å². The highest BCUT2D eigenvalue weighted by atomic mass is 16.2. The molecular formula is C11H15N3O2. The average Bonchev–Trinajstić information content (AvgIpc) is 2.27. The topological polar surface area (TPSA) is 67.8 Å². The standard InChI is InChI=1S/C11H15N3O2/c1-2-7-13-9-5-10(15)14(11(13)16)8-4-3-6-12/h5,9H,2-4,7-8H2,1H3. The number of hydrogen-bond donors (Lipinski definition) is 0. The van der Waals surface area contributed by atoms with Crippen LogP contribution in [0.3, 0.4) is 0 Å². The van der Waals surface area contributed by atoms with E-state index in [4.69, 9.17) is 5.26 Å². The fourth-order valence-electron chi connectivity index (χ4n) is 1.49. The van der Waals surface area contributed by atoms with E-state index in [2.05, 4.69) is 0 Å². The summed E-state index contributed by atoms with van der Waals surface area (Å²) in [4.78, 5) is 23.3. The Morgan fingerprint density at radius 1 is 1.38 bits per heavy atom. The van der Waals surface area contributed by atoms with E-state index >= 15 is 0 Å². The summed E-state index contributed by atoms with van der Waals surface area (Å²) < 4.78 is 2.71. The average molecular weight is 221 g/mol. The van der Waals surface area contributed by atoms with Gasteiger partial charge in [-0.2, -0.15) is 5.26 Å². The summed E-state index contributed by atoms with van der Waals surface area (Å²) in [6.07, 6.45) is 3.25. The number of aromatic nitrogens is 2. The van der Waals surface area contributed by atoms with E-state index in [1.165, 1.54) is 21.4 Å². The number of aryl methyl sites for hydroxylation is 1. The molecule has 0 atom stereocenters. The van der Waals surface area contributed by atoms with Crippen molar-refractivity contribution in [3.8, 4) is 6.07 Å². The fraction of sp³-hybridized carbons (Fsp3) is 0.545. The van der Waals surface area contributed by atoms with Crippen molar-refractivity contribution in [1.82, 2.24) is 9.13 Å². The molecule has 0 bridgehead atoms. The molecule has 16 heavy (non-hydrogen) atoms. The molecule has 0 unspecified atom stereocenters. The largest absolute Gasteiger partial charge is 0.330 e. The Morgan fingerprint density at radius 3 is 2.75 bits per heavy atom. The molecular weight excluding hydrogens is 206 g/mol. The zero-order chi connectivity index (χ0) is 12.0. The summed E-state index contributed by atoms with van der Waals surface area (Å²) in [5.74, 6) is 0. The maximum Gasteiger partial charge on any atom is 0.330 e. The monoisotopic (exact) mass is 221 g/mol. The van der Waals surface area contributed by atoms with Crippen molar-refractivity contribution in [3.05, 3.63) is 33.1 Å². The van der Waals surface area contributed by atoms with Crippen molar-refractivity contribution < 1.29 is 0 Å². The maximum absolute atomic E-state index is 11.8. The molecule has 86 valence electrons. The van der Waals surface area contributed by atoms with E-state index in [-0.39, 0.29) is 11.2 Å². The molecule has 0 aliphatic heterocycles. The molecule has 1 aromatic rings. The van der Waals surface area contributed by atoms with Crippen LogP contribution in [0.4, 0.5) is 0 Å². The number of nitriles is 1. The Balaban J connectivity index is 2.98. The molecule has 1 heterocycles. The van der Waals surface area contributed by atoms with Gasteiger partial charge in [-0.15, -0.1) is 0 Å². The molecule has 0 spiro atoms. The lowest BCUT2D eigenvalue weighted by Crippen LogP contribution is -2.38. The Kier molecular flexibility index (Phi) is 4.52. The number of unbranched alkanes of at least 4 members (excludes halogenated alkanes) is 1. The quantitative estimate of drug-likeness (QED) is 0.688. The van der Waals surface area contributed by atoms with Gasteiger partial charge in [0, 0.05) is 31.8 Å². The summed E-state index contributed by atoms with van der Waals surface area (Å²) in [5, 5.41) is 8.40. The molecule has 0 aliphatic rings. The summed E-state index contributed by atoms with van der Waals surface area (Å²) >= 11 is 0. The van der Waals surface area contributed by atoms with Gasteiger partial charge >= 0.3 is 5.69 Å². The van der Waals surface area contributed by atoms with Crippen LogP contribution in [0.1, 0.15) is 26.2 Å². The summed E-state index contributed by atoms with van der Waals surface area (Å²) in [6.45, 7) is 2.89. The van der Waals surface area contributed by atoms with E-state index in [1.54, 1.807) is 0 Å². The van der Waals surface area contributed by atoms with Gasteiger partial charge in [0.25, 0.3) is 5.56 Å². The molecule has 0 aliphatic carbocycles. The van der Waals surface area contributed by atoms with Crippen molar-refractivity contribution >= 4 is 0 Å². The van der Waals surface area contributed by atoms with Crippen LogP contribution in [-0.2, 0) is 13.1 Å². The molecule has 0 aromatic carbocycles. The van der Waals surface area contributed by atoms with E-state index in [0.29, 0.717) is 25.9 Å². The SMILES string of the molecule is CCCn1ccc(=O)n(CCCC#N)c1=O. The van der Waals surface area contributed by atoms with Gasteiger partial charge in [0.05, 0.1) is 6.07 Å². The zero-order valence-corrected chi connectivity index (χ0v) is 9.35. The number of rotatable bonds is 5. The first-order chi connectivity index (χ1) is 7.70.